The molecule has 0 atom stereocenters. The highest BCUT2D eigenvalue weighted by molar-refractivity contribution is 6.33. The molecule has 2 heterocycles. The molecular formula is C14H20ClN5. The van der Waals surface area contributed by atoms with Gasteiger partial charge in [0.25, 0.3) is 0 Å². The summed E-state index contributed by atoms with van der Waals surface area (Å²) >= 11 is 6.22. The molecule has 3 rings (SSSR count). The summed E-state index contributed by atoms with van der Waals surface area (Å²) in [5.74, 6) is 1.64. The Kier molecular flexibility index (Phi) is 3.89. The molecule has 6 heteroatoms. The van der Waals surface area contributed by atoms with Crippen LogP contribution < -0.4 is 0 Å². The van der Waals surface area contributed by atoms with Crippen LogP contribution in [0.5, 0.6) is 0 Å². The van der Waals surface area contributed by atoms with Gasteiger partial charge >= 0.3 is 0 Å². The fourth-order valence-corrected chi connectivity index (χ4v) is 2.88. The first-order chi connectivity index (χ1) is 9.67. The minimum atomic E-state index is 0.498. The Morgan fingerprint density at radius 2 is 2.20 bits per heavy atom. The maximum absolute atomic E-state index is 6.22. The van der Waals surface area contributed by atoms with Crippen molar-refractivity contribution in [3.63, 3.8) is 0 Å². The number of aromatic nitrogens is 4. The highest BCUT2D eigenvalue weighted by Crippen LogP contribution is 2.27. The second-order valence-electron chi connectivity index (χ2n) is 5.56. The van der Waals surface area contributed by atoms with Gasteiger partial charge in [0.05, 0.1) is 18.1 Å². The minimum Gasteiger partial charge on any atom is -0.296 e. The first-order valence-corrected chi connectivity index (χ1v) is 7.61. The van der Waals surface area contributed by atoms with Crippen LogP contribution in [0.15, 0.2) is 6.20 Å². The monoisotopic (exact) mass is 293 g/mol. The summed E-state index contributed by atoms with van der Waals surface area (Å²) in [5, 5.41) is 5.50. The van der Waals surface area contributed by atoms with Gasteiger partial charge in [0.2, 0.25) is 0 Å². The van der Waals surface area contributed by atoms with Gasteiger partial charge in [0.1, 0.15) is 11.0 Å². The van der Waals surface area contributed by atoms with Crippen molar-refractivity contribution in [3.05, 3.63) is 17.2 Å². The van der Waals surface area contributed by atoms with Gasteiger partial charge in [0, 0.05) is 13.6 Å². The summed E-state index contributed by atoms with van der Waals surface area (Å²) in [6.45, 7) is 5.10. The maximum atomic E-state index is 6.22. The second kappa shape index (κ2) is 5.66. The lowest BCUT2D eigenvalue weighted by Gasteiger charge is -2.31. The van der Waals surface area contributed by atoms with Crippen molar-refractivity contribution >= 4 is 22.6 Å². The number of halogens is 1. The van der Waals surface area contributed by atoms with E-state index in [1.807, 2.05) is 7.05 Å². The summed E-state index contributed by atoms with van der Waals surface area (Å²) < 4.78 is 1.74. The van der Waals surface area contributed by atoms with Gasteiger partial charge in [-0.05, 0) is 25.3 Å². The topological polar surface area (TPSA) is 46.8 Å². The molecular weight excluding hydrogens is 274 g/mol. The lowest BCUT2D eigenvalue weighted by Crippen LogP contribution is -2.32. The first kappa shape index (κ1) is 13.8. The largest absolute Gasteiger partial charge is 0.296 e. The van der Waals surface area contributed by atoms with Crippen LogP contribution in [0.4, 0.5) is 0 Å². The van der Waals surface area contributed by atoms with Crippen LogP contribution in [0, 0.1) is 5.92 Å². The summed E-state index contributed by atoms with van der Waals surface area (Å²) in [4.78, 5) is 11.4. The minimum absolute atomic E-state index is 0.498. The van der Waals surface area contributed by atoms with Crippen molar-refractivity contribution in [1.29, 1.82) is 0 Å². The van der Waals surface area contributed by atoms with Gasteiger partial charge in [-0.1, -0.05) is 24.9 Å². The van der Waals surface area contributed by atoms with E-state index in [0.29, 0.717) is 5.15 Å². The van der Waals surface area contributed by atoms with E-state index in [-0.39, 0.29) is 0 Å². The van der Waals surface area contributed by atoms with Crippen molar-refractivity contribution in [2.45, 2.75) is 32.7 Å². The quantitative estimate of drug-likeness (QED) is 0.795. The zero-order chi connectivity index (χ0) is 14.1. The van der Waals surface area contributed by atoms with E-state index in [1.165, 1.54) is 19.3 Å². The van der Waals surface area contributed by atoms with E-state index >= 15 is 0 Å². The fourth-order valence-electron chi connectivity index (χ4n) is 2.65. The third-order valence-corrected chi connectivity index (χ3v) is 4.43. The molecule has 0 radical (unpaired) electrons. The lowest BCUT2D eigenvalue weighted by molar-refractivity contribution is 0.175. The Hall–Kier alpha value is -1.20. The average Bonchev–Trinajstić information content (AvgIpc) is 2.75. The van der Waals surface area contributed by atoms with Crippen LogP contribution in [-0.2, 0) is 13.6 Å². The number of hydrogen-bond donors (Lipinski definition) is 0. The van der Waals surface area contributed by atoms with E-state index in [4.69, 9.17) is 11.6 Å². The SMILES string of the molecule is CCN(Cc1nc(Cl)c2cnn(C)c2n1)CC1CCC1. The zero-order valence-corrected chi connectivity index (χ0v) is 12.8. The molecule has 1 saturated carbocycles. The summed E-state index contributed by atoms with van der Waals surface area (Å²) in [6, 6.07) is 0. The number of aryl methyl sites for hydroxylation is 1. The van der Waals surface area contributed by atoms with Gasteiger partial charge in [-0.3, -0.25) is 9.58 Å². The molecule has 1 aliphatic carbocycles. The van der Waals surface area contributed by atoms with Gasteiger partial charge < -0.3 is 0 Å². The van der Waals surface area contributed by atoms with Crippen LogP contribution in [0.25, 0.3) is 11.0 Å². The van der Waals surface area contributed by atoms with Crippen molar-refractivity contribution in [3.8, 4) is 0 Å². The highest BCUT2D eigenvalue weighted by atomic mass is 35.5. The molecule has 20 heavy (non-hydrogen) atoms. The van der Waals surface area contributed by atoms with Crippen molar-refractivity contribution in [2.24, 2.45) is 13.0 Å². The van der Waals surface area contributed by atoms with Gasteiger partial charge in [-0.25, -0.2) is 9.97 Å². The molecule has 2 aromatic heterocycles. The molecule has 5 nitrogen and oxygen atoms in total. The Labute approximate surface area is 124 Å². The Bertz CT molecular complexity index is 605. The molecule has 0 aliphatic heterocycles. The third kappa shape index (κ3) is 2.65. The van der Waals surface area contributed by atoms with Gasteiger partial charge in [0.15, 0.2) is 5.65 Å². The Morgan fingerprint density at radius 1 is 1.40 bits per heavy atom. The lowest BCUT2D eigenvalue weighted by atomic mass is 9.85. The van der Waals surface area contributed by atoms with Gasteiger partial charge in [-0.2, -0.15) is 5.10 Å². The van der Waals surface area contributed by atoms with Gasteiger partial charge in [-0.15, -0.1) is 0 Å². The number of rotatable bonds is 5. The maximum Gasteiger partial charge on any atom is 0.162 e. The van der Waals surface area contributed by atoms with E-state index in [1.54, 1.807) is 10.9 Å². The van der Waals surface area contributed by atoms with Crippen molar-refractivity contribution in [1.82, 2.24) is 24.6 Å². The van der Waals surface area contributed by atoms with E-state index in [0.717, 1.165) is 42.4 Å². The van der Waals surface area contributed by atoms with Crippen LogP contribution in [0.3, 0.4) is 0 Å². The number of hydrogen-bond acceptors (Lipinski definition) is 4. The standard InChI is InChI=1S/C14H20ClN5/c1-3-20(8-10-5-4-6-10)9-12-17-13(15)11-7-16-19(2)14(11)18-12/h7,10H,3-6,8-9H2,1-2H3. The smallest absolute Gasteiger partial charge is 0.162 e. The van der Waals surface area contributed by atoms with Crippen LogP contribution >= 0.6 is 11.6 Å². The Balaban J connectivity index is 1.79. The molecule has 2 aromatic rings. The summed E-state index contributed by atoms with van der Waals surface area (Å²) in [5.41, 5.74) is 0.805. The molecule has 0 N–H and O–H groups in total. The predicted molar refractivity (Wildman–Crippen MR) is 79.6 cm³/mol. The normalized spacial score (nSPS) is 16.0. The molecule has 0 saturated heterocycles. The second-order valence-corrected chi connectivity index (χ2v) is 5.92. The molecule has 1 aliphatic rings. The van der Waals surface area contributed by atoms with Crippen molar-refractivity contribution in [2.75, 3.05) is 13.1 Å². The fraction of sp³-hybridized carbons (Fsp3) is 0.643. The average molecular weight is 294 g/mol. The zero-order valence-electron chi connectivity index (χ0n) is 12.0. The van der Waals surface area contributed by atoms with Crippen molar-refractivity contribution < 1.29 is 0 Å². The number of fused-ring (bicyclic) bond motifs is 1. The molecule has 0 bridgehead atoms. The molecule has 0 aromatic carbocycles. The molecule has 1 fully saturated rings. The van der Waals surface area contributed by atoms with E-state index in [2.05, 4.69) is 26.9 Å². The molecule has 0 unspecified atom stereocenters. The van der Waals surface area contributed by atoms with E-state index < -0.39 is 0 Å². The molecule has 0 spiro atoms. The third-order valence-electron chi connectivity index (χ3n) is 4.15. The van der Waals surface area contributed by atoms with Crippen LogP contribution in [0.1, 0.15) is 32.0 Å². The Morgan fingerprint density at radius 3 is 2.85 bits per heavy atom. The first-order valence-electron chi connectivity index (χ1n) is 7.24. The highest BCUT2D eigenvalue weighted by Gasteiger charge is 2.21. The van der Waals surface area contributed by atoms with Crippen LogP contribution in [0.2, 0.25) is 5.15 Å². The molecule has 108 valence electrons. The van der Waals surface area contributed by atoms with Crippen LogP contribution in [-0.4, -0.2) is 37.7 Å². The van der Waals surface area contributed by atoms with E-state index in [9.17, 15) is 0 Å². The number of nitrogens with zero attached hydrogens (tertiary/aromatic N) is 5. The molecule has 0 amide bonds. The summed E-state index contributed by atoms with van der Waals surface area (Å²) in [6.07, 6.45) is 5.82. The summed E-state index contributed by atoms with van der Waals surface area (Å²) in [7, 11) is 1.88. The predicted octanol–water partition coefficient (Wildman–Crippen LogP) is 2.64.